The maximum atomic E-state index is 6.09. The van der Waals surface area contributed by atoms with E-state index in [0.717, 1.165) is 25.5 Å². The molecule has 2 atom stereocenters. The van der Waals surface area contributed by atoms with Crippen LogP contribution in [0, 0.1) is 5.92 Å². The SMILES string of the molecule is N[C@@H]1CCC[C@H]1CCNc1ccnn1C1CNC1. The summed E-state index contributed by atoms with van der Waals surface area (Å²) in [6, 6.07) is 3.01. The molecule has 0 aromatic carbocycles. The van der Waals surface area contributed by atoms with E-state index >= 15 is 0 Å². The van der Waals surface area contributed by atoms with Crippen molar-refractivity contribution in [3.05, 3.63) is 12.3 Å². The van der Waals surface area contributed by atoms with E-state index in [2.05, 4.69) is 26.5 Å². The molecular formula is C13H23N5. The van der Waals surface area contributed by atoms with E-state index in [1.165, 1.54) is 25.7 Å². The third-order valence-electron chi connectivity index (χ3n) is 4.32. The van der Waals surface area contributed by atoms with Crippen molar-refractivity contribution in [1.29, 1.82) is 0 Å². The predicted octanol–water partition coefficient (Wildman–Crippen LogP) is 0.957. The highest BCUT2D eigenvalue weighted by molar-refractivity contribution is 5.34. The molecule has 0 unspecified atom stereocenters. The topological polar surface area (TPSA) is 67.9 Å². The molecule has 0 amide bonds. The number of anilines is 1. The van der Waals surface area contributed by atoms with Gasteiger partial charge in [-0.05, 0) is 25.2 Å². The Morgan fingerprint density at radius 2 is 2.33 bits per heavy atom. The number of rotatable bonds is 5. The summed E-state index contributed by atoms with van der Waals surface area (Å²) in [6.07, 6.45) is 6.86. The largest absolute Gasteiger partial charge is 0.370 e. The summed E-state index contributed by atoms with van der Waals surface area (Å²) >= 11 is 0. The fourth-order valence-electron chi connectivity index (χ4n) is 3.00. The average molecular weight is 249 g/mol. The molecule has 0 radical (unpaired) electrons. The van der Waals surface area contributed by atoms with Gasteiger partial charge in [-0.3, -0.25) is 0 Å². The Morgan fingerprint density at radius 1 is 1.44 bits per heavy atom. The minimum atomic E-state index is 0.424. The molecular weight excluding hydrogens is 226 g/mol. The number of nitrogens with one attached hydrogen (secondary N) is 2. The molecule has 1 saturated heterocycles. The Morgan fingerprint density at radius 3 is 3.00 bits per heavy atom. The molecule has 1 aromatic rings. The Labute approximate surface area is 108 Å². The van der Waals surface area contributed by atoms with Crippen LogP contribution in [-0.4, -0.2) is 35.5 Å². The lowest BCUT2D eigenvalue weighted by molar-refractivity contribution is 0.321. The van der Waals surface area contributed by atoms with E-state index in [0.29, 0.717) is 18.0 Å². The molecule has 3 rings (SSSR count). The van der Waals surface area contributed by atoms with Crippen molar-refractivity contribution in [2.75, 3.05) is 25.0 Å². The molecule has 18 heavy (non-hydrogen) atoms. The molecule has 0 spiro atoms. The van der Waals surface area contributed by atoms with Gasteiger partial charge in [0.1, 0.15) is 5.82 Å². The molecule has 1 aromatic heterocycles. The van der Waals surface area contributed by atoms with Gasteiger partial charge in [0.15, 0.2) is 0 Å². The molecule has 1 aliphatic carbocycles. The minimum absolute atomic E-state index is 0.424. The fraction of sp³-hybridized carbons (Fsp3) is 0.769. The third kappa shape index (κ3) is 2.37. The van der Waals surface area contributed by atoms with Crippen molar-refractivity contribution in [3.63, 3.8) is 0 Å². The van der Waals surface area contributed by atoms with Crippen molar-refractivity contribution >= 4 is 5.82 Å². The lowest BCUT2D eigenvalue weighted by atomic mass is 10.0. The van der Waals surface area contributed by atoms with Crippen LogP contribution in [0.1, 0.15) is 31.7 Å². The molecule has 1 aliphatic heterocycles. The standard InChI is InChI=1S/C13H23N5/c14-12-3-1-2-10(12)4-6-16-13-5-7-17-18(13)11-8-15-9-11/h5,7,10-12,15-16H,1-4,6,8-9,14H2/t10-,12+/m0/s1. The smallest absolute Gasteiger partial charge is 0.124 e. The van der Waals surface area contributed by atoms with Crippen LogP contribution in [0.15, 0.2) is 12.3 Å². The molecule has 2 aliphatic rings. The monoisotopic (exact) mass is 249 g/mol. The van der Waals surface area contributed by atoms with Crippen LogP contribution in [0.2, 0.25) is 0 Å². The van der Waals surface area contributed by atoms with Crippen LogP contribution in [0.25, 0.3) is 0 Å². The van der Waals surface area contributed by atoms with Crippen LogP contribution in [0.3, 0.4) is 0 Å². The number of hydrogen-bond acceptors (Lipinski definition) is 4. The van der Waals surface area contributed by atoms with Crippen LogP contribution in [0.5, 0.6) is 0 Å². The van der Waals surface area contributed by atoms with Crippen molar-refractivity contribution in [1.82, 2.24) is 15.1 Å². The van der Waals surface area contributed by atoms with Gasteiger partial charge >= 0.3 is 0 Å². The summed E-state index contributed by atoms with van der Waals surface area (Å²) < 4.78 is 2.10. The Balaban J connectivity index is 1.49. The summed E-state index contributed by atoms with van der Waals surface area (Å²) in [7, 11) is 0. The quantitative estimate of drug-likeness (QED) is 0.727. The molecule has 5 nitrogen and oxygen atoms in total. The second-order valence-corrected chi connectivity index (χ2v) is 5.54. The lowest BCUT2D eigenvalue weighted by Crippen LogP contribution is -2.44. The van der Waals surface area contributed by atoms with E-state index < -0.39 is 0 Å². The highest BCUT2D eigenvalue weighted by Crippen LogP contribution is 2.27. The van der Waals surface area contributed by atoms with Gasteiger partial charge in [-0.25, -0.2) is 4.68 Å². The zero-order valence-corrected chi connectivity index (χ0v) is 10.8. The number of nitrogens with two attached hydrogens (primary N) is 1. The molecule has 5 heteroatoms. The summed E-state index contributed by atoms with van der Waals surface area (Å²) in [5.74, 6) is 1.85. The fourth-order valence-corrected chi connectivity index (χ4v) is 3.00. The van der Waals surface area contributed by atoms with Crippen LogP contribution >= 0.6 is 0 Å². The highest BCUT2D eigenvalue weighted by atomic mass is 15.4. The summed E-state index contributed by atoms with van der Waals surface area (Å²) in [5, 5.41) is 11.2. The van der Waals surface area contributed by atoms with E-state index in [1.807, 2.05) is 6.20 Å². The Kier molecular flexibility index (Phi) is 3.52. The molecule has 100 valence electrons. The van der Waals surface area contributed by atoms with Crippen molar-refractivity contribution in [2.24, 2.45) is 11.7 Å². The van der Waals surface area contributed by atoms with Crippen LogP contribution in [-0.2, 0) is 0 Å². The zero-order chi connectivity index (χ0) is 12.4. The number of hydrogen-bond donors (Lipinski definition) is 3. The summed E-state index contributed by atoms with van der Waals surface area (Å²) in [5.41, 5.74) is 6.09. The van der Waals surface area contributed by atoms with E-state index in [-0.39, 0.29) is 0 Å². The van der Waals surface area contributed by atoms with Gasteiger partial charge < -0.3 is 16.4 Å². The van der Waals surface area contributed by atoms with Gasteiger partial charge in [-0.2, -0.15) is 5.10 Å². The first kappa shape index (κ1) is 12.0. The Bertz CT molecular complexity index is 384. The second-order valence-electron chi connectivity index (χ2n) is 5.54. The summed E-state index contributed by atoms with van der Waals surface area (Å²) in [6.45, 7) is 3.07. The first-order valence-electron chi connectivity index (χ1n) is 7.08. The number of nitrogens with zero attached hydrogens (tertiary/aromatic N) is 2. The maximum absolute atomic E-state index is 6.09. The Hall–Kier alpha value is -1.07. The van der Waals surface area contributed by atoms with Crippen LogP contribution in [0.4, 0.5) is 5.82 Å². The summed E-state index contributed by atoms with van der Waals surface area (Å²) in [4.78, 5) is 0. The molecule has 1 saturated carbocycles. The maximum Gasteiger partial charge on any atom is 0.124 e. The normalized spacial score (nSPS) is 28.3. The molecule has 4 N–H and O–H groups in total. The minimum Gasteiger partial charge on any atom is -0.370 e. The van der Waals surface area contributed by atoms with Crippen molar-refractivity contribution in [3.8, 4) is 0 Å². The van der Waals surface area contributed by atoms with Gasteiger partial charge in [0, 0.05) is 31.7 Å². The van der Waals surface area contributed by atoms with Crippen molar-refractivity contribution in [2.45, 2.75) is 37.8 Å². The van der Waals surface area contributed by atoms with Crippen LogP contribution < -0.4 is 16.4 Å². The molecule has 2 heterocycles. The lowest BCUT2D eigenvalue weighted by Gasteiger charge is -2.29. The van der Waals surface area contributed by atoms with Gasteiger partial charge in [0.25, 0.3) is 0 Å². The van der Waals surface area contributed by atoms with Crippen molar-refractivity contribution < 1.29 is 0 Å². The van der Waals surface area contributed by atoms with Gasteiger partial charge in [-0.15, -0.1) is 0 Å². The number of aromatic nitrogens is 2. The first-order valence-corrected chi connectivity index (χ1v) is 7.08. The van der Waals surface area contributed by atoms with E-state index in [9.17, 15) is 0 Å². The second kappa shape index (κ2) is 5.28. The zero-order valence-electron chi connectivity index (χ0n) is 10.8. The van der Waals surface area contributed by atoms with Gasteiger partial charge in [0.05, 0.1) is 12.2 Å². The predicted molar refractivity (Wildman–Crippen MR) is 72.6 cm³/mol. The third-order valence-corrected chi connectivity index (χ3v) is 4.32. The highest BCUT2D eigenvalue weighted by Gasteiger charge is 2.24. The van der Waals surface area contributed by atoms with E-state index in [1.54, 1.807) is 0 Å². The average Bonchev–Trinajstić information content (AvgIpc) is 2.88. The van der Waals surface area contributed by atoms with Gasteiger partial charge in [0.2, 0.25) is 0 Å². The first-order chi connectivity index (χ1) is 8.84. The molecule has 0 bridgehead atoms. The van der Waals surface area contributed by atoms with Gasteiger partial charge in [-0.1, -0.05) is 6.42 Å². The van der Waals surface area contributed by atoms with E-state index in [4.69, 9.17) is 5.73 Å². The molecule has 2 fully saturated rings.